The van der Waals surface area contributed by atoms with Crippen molar-refractivity contribution >= 4 is 34.8 Å². The number of nitrogens with one attached hydrogen (secondary N) is 1. The van der Waals surface area contributed by atoms with Crippen LogP contribution < -0.4 is 15.1 Å². The Morgan fingerprint density at radius 2 is 1.94 bits per heavy atom. The predicted molar refractivity (Wildman–Crippen MR) is 139 cm³/mol. The standard InChI is InChI=1S/C27H29N5OS/c1-3-12-32-13-4-5-21-18-24(10-11-25(21)32)34-26-20(2)19-28-27(30-26)29-22-6-8-23(9-7-22)31-14-16-33-17-15-31/h1,6-11,18-19H,4-5,12-17H2,2H3,(H,28,29,30). The largest absolute Gasteiger partial charge is 0.378 e. The van der Waals surface area contributed by atoms with Gasteiger partial charge in [0.2, 0.25) is 5.95 Å². The third-order valence-corrected chi connectivity index (χ3v) is 7.28. The van der Waals surface area contributed by atoms with Crippen LogP contribution in [0.5, 0.6) is 0 Å². The van der Waals surface area contributed by atoms with Gasteiger partial charge in [0.15, 0.2) is 0 Å². The first-order valence-electron chi connectivity index (χ1n) is 11.7. The van der Waals surface area contributed by atoms with Gasteiger partial charge >= 0.3 is 0 Å². The molecule has 1 fully saturated rings. The minimum Gasteiger partial charge on any atom is -0.378 e. The van der Waals surface area contributed by atoms with E-state index in [0.29, 0.717) is 12.5 Å². The maximum absolute atomic E-state index is 5.55. The lowest BCUT2D eigenvalue weighted by atomic mass is 10.0. The highest BCUT2D eigenvalue weighted by molar-refractivity contribution is 7.99. The molecule has 2 aromatic carbocycles. The van der Waals surface area contributed by atoms with Crippen LogP contribution in [-0.4, -0.2) is 49.4 Å². The third kappa shape index (κ3) is 5.14. The summed E-state index contributed by atoms with van der Waals surface area (Å²) in [4.78, 5) is 15.1. The van der Waals surface area contributed by atoms with E-state index in [9.17, 15) is 0 Å². The summed E-state index contributed by atoms with van der Waals surface area (Å²) in [5, 5.41) is 4.31. The highest BCUT2D eigenvalue weighted by atomic mass is 32.2. The Kier molecular flexibility index (Phi) is 6.89. The van der Waals surface area contributed by atoms with Crippen LogP contribution in [0.2, 0.25) is 0 Å². The van der Waals surface area contributed by atoms with Crippen molar-refractivity contribution in [3.05, 3.63) is 59.8 Å². The molecule has 1 N–H and O–H groups in total. The summed E-state index contributed by atoms with van der Waals surface area (Å²) < 4.78 is 5.45. The molecule has 6 nitrogen and oxygen atoms in total. The summed E-state index contributed by atoms with van der Waals surface area (Å²) in [5.41, 5.74) is 5.86. The van der Waals surface area contributed by atoms with Gasteiger partial charge in [-0.25, -0.2) is 9.97 Å². The molecule has 0 radical (unpaired) electrons. The second-order valence-corrected chi connectivity index (χ2v) is 9.64. The molecule has 174 valence electrons. The number of ether oxygens (including phenoxy) is 1. The van der Waals surface area contributed by atoms with Gasteiger partial charge in [-0.3, -0.25) is 0 Å². The minimum absolute atomic E-state index is 0.602. The van der Waals surface area contributed by atoms with Crippen molar-refractivity contribution in [2.45, 2.75) is 29.7 Å². The number of rotatable bonds is 6. The molecular formula is C27H29N5OS. The van der Waals surface area contributed by atoms with Crippen LogP contribution in [-0.2, 0) is 11.2 Å². The van der Waals surface area contributed by atoms with Gasteiger partial charge < -0.3 is 19.9 Å². The number of fused-ring (bicyclic) bond motifs is 1. The van der Waals surface area contributed by atoms with Gasteiger partial charge in [-0.15, -0.1) is 6.42 Å². The third-order valence-electron chi connectivity index (χ3n) is 6.19. The van der Waals surface area contributed by atoms with E-state index in [1.807, 2.05) is 6.20 Å². The molecule has 0 saturated carbocycles. The highest BCUT2D eigenvalue weighted by Gasteiger charge is 2.17. The average molecular weight is 472 g/mol. The molecule has 1 aromatic heterocycles. The zero-order valence-electron chi connectivity index (χ0n) is 19.5. The number of hydrogen-bond acceptors (Lipinski definition) is 7. The first-order valence-corrected chi connectivity index (χ1v) is 12.5. The summed E-state index contributed by atoms with van der Waals surface area (Å²) in [5.74, 6) is 3.38. The molecule has 34 heavy (non-hydrogen) atoms. The van der Waals surface area contributed by atoms with E-state index in [0.717, 1.165) is 62.0 Å². The van der Waals surface area contributed by atoms with Crippen LogP contribution in [0.1, 0.15) is 17.5 Å². The van der Waals surface area contributed by atoms with E-state index in [1.165, 1.54) is 21.8 Å². The van der Waals surface area contributed by atoms with Gasteiger partial charge in [0.05, 0.1) is 19.8 Å². The lowest BCUT2D eigenvalue weighted by Crippen LogP contribution is -2.36. The summed E-state index contributed by atoms with van der Waals surface area (Å²) >= 11 is 1.68. The van der Waals surface area contributed by atoms with Crippen LogP contribution >= 0.6 is 11.8 Å². The van der Waals surface area contributed by atoms with Gasteiger partial charge in [0.25, 0.3) is 0 Å². The molecule has 3 aromatic rings. The fourth-order valence-corrected chi connectivity index (χ4v) is 5.30. The Balaban J connectivity index is 1.29. The molecule has 0 aliphatic carbocycles. The van der Waals surface area contributed by atoms with Gasteiger partial charge in [0, 0.05) is 53.4 Å². The summed E-state index contributed by atoms with van der Waals surface area (Å²) in [6, 6.07) is 15.1. The van der Waals surface area contributed by atoms with Crippen molar-refractivity contribution in [1.82, 2.24) is 9.97 Å². The second-order valence-electron chi connectivity index (χ2n) is 8.57. The molecule has 0 amide bonds. The molecule has 0 spiro atoms. The van der Waals surface area contributed by atoms with E-state index in [-0.39, 0.29) is 0 Å². The van der Waals surface area contributed by atoms with E-state index < -0.39 is 0 Å². The molecule has 5 rings (SSSR count). The molecule has 1 saturated heterocycles. The maximum atomic E-state index is 5.55. The van der Waals surface area contributed by atoms with E-state index >= 15 is 0 Å². The zero-order valence-corrected chi connectivity index (χ0v) is 20.3. The average Bonchev–Trinajstić information content (AvgIpc) is 2.87. The molecule has 3 heterocycles. The number of aromatic nitrogens is 2. The highest BCUT2D eigenvalue weighted by Crippen LogP contribution is 2.35. The molecule has 7 heteroatoms. The summed E-state index contributed by atoms with van der Waals surface area (Å²) in [6.45, 7) is 7.16. The number of benzene rings is 2. The molecule has 0 bridgehead atoms. The smallest absolute Gasteiger partial charge is 0.228 e. The van der Waals surface area contributed by atoms with E-state index in [2.05, 4.69) is 75.4 Å². The number of hydrogen-bond donors (Lipinski definition) is 1. The SMILES string of the molecule is C#CCN1CCCc2cc(Sc3nc(Nc4ccc(N5CCOCC5)cc4)ncc3C)ccc21. The van der Waals surface area contributed by atoms with Crippen molar-refractivity contribution in [1.29, 1.82) is 0 Å². The lowest BCUT2D eigenvalue weighted by Gasteiger charge is -2.30. The fourth-order valence-electron chi connectivity index (χ4n) is 4.40. The molecule has 0 atom stereocenters. The molecule has 2 aliphatic heterocycles. The zero-order chi connectivity index (χ0) is 23.3. The van der Waals surface area contributed by atoms with Crippen molar-refractivity contribution in [3.8, 4) is 12.3 Å². The van der Waals surface area contributed by atoms with E-state index in [1.54, 1.807) is 11.8 Å². The molecule has 0 unspecified atom stereocenters. The van der Waals surface area contributed by atoms with Crippen molar-refractivity contribution < 1.29 is 4.74 Å². The second kappa shape index (κ2) is 10.4. The first-order chi connectivity index (χ1) is 16.7. The topological polar surface area (TPSA) is 53.5 Å². The number of anilines is 4. The number of aryl methyl sites for hydroxylation is 2. The van der Waals surface area contributed by atoms with Crippen molar-refractivity contribution in [2.24, 2.45) is 0 Å². The normalized spacial score (nSPS) is 15.5. The first kappa shape index (κ1) is 22.6. The predicted octanol–water partition coefficient (Wildman–Crippen LogP) is 4.90. The van der Waals surface area contributed by atoms with Gasteiger partial charge in [-0.1, -0.05) is 17.7 Å². The minimum atomic E-state index is 0.602. The Morgan fingerprint density at radius 1 is 1.12 bits per heavy atom. The Morgan fingerprint density at radius 3 is 2.74 bits per heavy atom. The Labute approximate surface area is 205 Å². The summed E-state index contributed by atoms with van der Waals surface area (Å²) in [7, 11) is 0. The lowest BCUT2D eigenvalue weighted by molar-refractivity contribution is 0.122. The summed E-state index contributed by atoms with van der Waals surface area (Å²) in [6.07, 6.45) is 9.65. The van der Waals surface area contributed by atoms with Crippen molar-refractivity contribution in [3.63, 3.8) is 0 Å². The molecule has 2 aliphatic rings. The van der Waals surface area contributed by atoms with Gasteiger partial charge in [0.1, 0.15) is 5.03 Å². The Bertz CT molecular complexity index is 1180. The van der Waals surface area contributed by atoms with Crippen LogP contribution in [0.25, 0.3) is 0 Å². The Hall–Kier alpha value is -3.21. The molecular weight excluding hydrogens is 442 g/mol. The van der Waals surface area contributed by atoms with Crippen molar-refractivity contribution in [2.75, 3.05) is 54.5 Å². The van der Waals surface area contributed by atoms with Crippen LogP contribution in [0.3, 0.4) is 0 Å². The van der Waals surface area contributed by atoms with E-state index in [4.69, 9.17) is 16.1 Å². The van der Waals surface area contributed by atoms with Crippen LogP contribution in [0.15, 0.2) is 58.6 Å². The van der Waals surface area contributed by atoms with Gasteiger partial charge in [-0.2, -0.15) is 0 Å². The quantitative estimate of drug-likeness (QED) is 0.405. The van der Waals surface area contributed by atoms with Crippen LogP contribution in [0, 0.1) is 19.3 Å². The number of terminal acetylenes is 1. The van der Waals surface area contributed by atoms with Crippen LogP contribution in [0.4, 0.5) is 23.0 Å². The van der Waals surface area contributed by atoms with Gasteiger partial charge in [-0.05, 0) is 67.8 Å². The fraction of sp³-hybridized carbons (Fsp3) is 0.333. The monoisotopic (exact) mass is 471 g/mol. The number of morpholine rings is 1. The number of nitrogens with zero attached hydrogens (tertiary/aromatic N) is 4. The maximum Gasteiger partial charge on any atom is 0.228 e.